The van der Waals surface area contributed by atoms with Gasteiger partial charge in [0.15, 0.2) is 5.16 Å². The lowest BCUT2D eigenvalue weighted by Crippen LogP contribution is -2.32. The highest BCUT2D eigenvalue weighted by Gasteiger charge is 2.18. The number of rotatable bonds is 9. The Balaban J connectivity index is 1.45. The Bertz CT molecular complexity index is 1000. The minimum absolute atomic E-state index is 0.00914. The maximum Gasteiger partial charge on any atom is 0.230 e. The van der Waals surface area contributed by atoms with Crippen molar-refractivity contribution in [1.29, 1.82) is 0 Å². The average molecular weight is 437 g/mol. The predicted octanol–water partition coefficient (Wildman–Crippen LogP) is 3.75. The molecule has 0 bridgehead atoms. The van der Waals surface area contributed by atoms with Crippen molar-refractivity contribution in [2.75, 3.05) is 18.9 Å². The fourth-order valence-corrected chi connectivity index (χ4v) is 4.50. The molecule has 1 aliphatic rings. The molecule has 0 aliphatic carbocycles. The van der Waals surface area contributed by atoms with E-state index in [1.165, 1.54) is 22.9 Å². The number of aryl methyl sites for hydroxylation is 3. The molecule has 1 saturated heterocycles. The quantitative estimate of drug-likeness (QED) is 0.518. The molecule has 0 unspecified atom stereocenters. The monoisotopic (exact) mass is 436 g/mol. The van der Waals surface area contributed by atoms with Crippen LogP contribution < -0.4 is 5.32 Å². The molecular weight excluding hydrogens is 408 g/mol. The fraction of sp³-hybridized carbons (Fsp3) is 0.375. The Hall–Kier alpha value is -2.64. The molecule has 2 aromatic carbocycles. The van der Waals surface area contributed by atoms with Gasteiger partial charge in [0.05, 0.1) is 11.9 Å². The van der Waals surface area contributed by atoms with Crippen molar-refractivity contribution >= 4 is 17.7 Å². The van der Waals surface area contributed by atoms with E-state index in [4.69, 9.17) is 4.74 Å². The van der Waals surface area contributed by atoms with Gasteiger partial charge >= 0.3 is 0 Å². The van der Waals surface area contributed by atoms with Gasteiger partial charge in [-0.1, -0.05) is 54.2 Å². The van der Waals surface area contributed by atoms with E-state index >= 15 is 0 Å². The van der Waals surface area contributed by atoms with Crippen LogP contribution in [0.2, 0.25) is 0 Å². The van der Waals surface area contributed by atoms with Gasteiger partial charge in [0, 0.05) is 25.3 Å². The summed E-state index contributed by atoms with van der Waals surface area (Å²) in [5, 5.41) is 12.6. The smallest absolute Gasteiger partial charge is 0.230 e. The first kappa shape index (κ1) is 21.6. The van der Waals surface area contributed by atoms with Crippen LogP contribution in [0.5, 0.6) is 0 Å². The number of nitrogens with zero attached hydrogens (tertiary/aromatic N) is 3. The van der Waals surface area contributed by atoms with Gasteiger partial charge in [0.1, 0.15) is 5.82 Å². The summed E-state index contributed by atoms with van der Waals surface area (Å²) in [4.78, 5) is 12.3. The van der Waals surface area contributed by atoms with Crippen LogP contribution >= 0.6 is 11.8 Å². The molecule has 31 heavy (non-hydrogen) atoms. The van der Waals surface area contributed by atoms with Gasteiger partial charge in [-0.3, -0.25) is 9.36 Å². The molecule has 3 aromatic rings. The van der Waals surface area contributed by atoms with E-state index in [-0.39, 0.29) is 12.0 Å². The lowest BCUT2D eigenvalue weighted by Gasteiger charge is -2.12. The minimum Gasteiger partial charge on any atom is -0.376 e. The third-order valence-corrected chi connectivity index (χ3v) is 6.25. The number of ether oxygens (including phenoxy) is 1. The van der Waals surface area contributed by atoms with Crippen LogP contribution in [0.4, 0.5) is 0 Å². The molecule has 162 valence electrons. The second kappa shape index (κ2) is 10.6. The van der Waals surface area contributed by atoms with Gasteiger partial charge in [0.2, 0.25) is 5.91 Å². The Labute approximate surface area is 187 Å². The van der Waals surface area contributed by atoms with Crippen molar-refractivity contribution in [2.45, 2.75) is 43.9 Å². The molecule has 0 saturated carbocycles. The summed E-state index contributed by atoms with van der Waals surface area (Å²) >= 11 is 1.42. The number of hydrogen-bond acceptors (Lipinski definition) is 5. The zero-order valence-electron chi connectivity index (χ0n) is 17.8. The first-order chi connectivity index (χ1) is 15.2. The van der Waals surface area contributed by atoms with Gasteiger partial charge in [-0.15, -0.1) is 10.2 Å². The van der Waals surface area contributed by atoms with Crippen molar-refractivity contribution in [3.05, 3.63) is 71.5 Å². The molecule has 6 nitrogen and oxygen atoms in total. The van der Waals surface area contributed by atoms with E-state index in [2.05, 4.69) is 69.5 Å². The molecule has 1 aliphatic heterocycles. The second-order valence-corrected chi connectivity index (χ2v) is 8.73. The molecular formula is C24H28N4O2S. The van der Waals surface area contributed by atoms with Crippen LogP contribution in [-0.4, -0.2) is 45.7 Å². The summed E-state index contributed by atoms with van der Waals surface area (Å²) in [5.74, 6) is 1.19. The lowest BCUT2D eigenvalue weighted by molar-refractivity contribution is -0.119. The number of carbonyl (C=O) groups is 1. The molecule has 1 aromatic heterocycles. The van der Waals surface area contributed by atoms with E-state index in [1.807, 2.05) is 12.1 Å². The fourth-order valence-electron chi connectivity index (χ4n) is 3.70. The van der Waals surface area contributed by atoms with E-state index in [0.717, 1.165) is 49.0 Å². The summed E-state index contributed by atoms with van der Waals surface area (Å²) in [6, 6.07) is 18.7. The van der Waals surface area contributed by atoms with Crippen LogP contribution in [0.1, 0.15) is 29.8 Å². The van der Waals surface area contributed by atoms with Crippen molar-refractivity contribution in [3.8, 4) is 5.69 Å². The third-order valence-electron chi connectivity index (χ3n) is 5.32. The molecule has 7 heteroatoms. The Kier molecular flexibility index (Phi) is 7.38. The van der Waals surface area contributed by atoms with Crippen molar-refractivity contribution < 1.29 is 9.53 Å². The Morgan fingerprint density at radius 2 is 2.03 bits per heavy atom. The average Bonchev–Trinajstić information content (AvgIpc) is 3.45. The molecule has 1 fully saturated rings. The number of thioether (sulfide) groups is 1. The van der Waals surface area contributed by atoms with E-state index < -0.39 is 0 Å². The van der Waals surface area contributed by atoms with Gasteiger partial charge in [-0.2, -0.15) is 0 Å². The Morgan fingerprint density at radius 1 is 1.16 bits per heavy atom. The summed E-state index contributed by atoms with van der Waals surface area (Å²) < 4.78 is 7.65. The minimum atomic E-state index is -0.00914. The van der Waals surface area contributed by atoms with Gasteiger partial charge in [0.25, 0.3) is 0 Å². The van der Waals surface area contributed by atoms with Crippen LogP contribution in [0, 0.1) is 6.92 Å². The third kappa shape index (κ3) is 5.95. The normalized spacial score (nSPS) is 15.8. The van der Waals surface area contributed by atoms with Crippen molar-refractivity contribution in [3.63, 3.8) is 0 Å². The maximum absolute atomic E-state index is 12.3. The summed E-state index contributed by atoms with van der Waals surface area (Å²) in [5.41, 5.74) is 3.46. The number of benzene rings is 2. The zero-order valence-corrected chi connectivity index (χ0v) is 18.6. The van der Waals surface area contributed by atoms with Crippen molar-refractivity contribution in [2.24, 2.45) is 0 Å². The highest BCUT2D eigenvalue weighted by molar-refractivity contribution is 7.99. The molecule has 2 heterocycles. The standard InChI is InChI=1S/C24H28N4O2S/c1-18-7-5-10-20(15-18)28-22(13-12-19-8-3-2-4-9-19)26-27-24(28)31-17-23(29)25-16-21-11-6-14-30-21/h2-5,7-10,15,21H,6,11-14,16-17H2,1H3,(H,25,29)/t21-/m0/s1. The van der Waals surface area contributed by atoms with Crippen LogP contribution in [0.25, 0.3) is 5.69 Å². The largest absolute Gasteiger partial charge is 0.376 e. The Morgan fingerprint density at radius 3 is 2.81 bits per heavy atom. The van der Waals surface area contributed by atoms with Crippen LogP contribution in [-0.2, 0) is 22.4 Å². The summed E-state index contributed by atoms with van der Waals surface area (Å²) in [6.07, 6.45) is 3.89. The van der Waals surface area contributed by atoms with E-state index in [9.17, 15) is 4.79 Å². The van der Waals surface area contributed by atoms with E-state index in [1.54, 1.807) is 0 Å². The number of carbonyl (C=O) groups excluding carboxylic acids is 1. The second-order valence-electron chi connectivity index (χ2n) is 7.79. The zero-order chi connectivity index (χ0) is 21.5. The van der Waals surface area contributed by atoms with Gasteiger partial charge < -0.3 is 10.1 Å². The lowest BCUT2D eigenvalue weighted by atomic mass is 10.1. The highest BCUT2D eigenvalue weighted by Crippen LogP contribution is 2.23. The number of aromatic nitrogens is 3. The molecule has 4 rings (SSSR count). The van der Waals surface area contributed by atoms with Gasteiger partial charge in [-0.25, -0.2) is 0 Å². The molecule has 1 amide bonds. The molecule has 1 N–H and O–H groups in total. The highest BCUT2D eigenvalue weighted by atomic mass is 32.2. The summed E-state index contributed by atoms with van der Waals surface area (Å²) in [6.45, 7) is 3.44. The molecule has 0 spiro atoms. The first-order valence-corrected chi connectivity index (χ1v) is 11.7. The topological polar surface area (TPSA) is 69.0 Å². The van der Waals surface area contributed by atoms with Crippen LogP contribution in [0.3, 0.4) is 0 Å². The SMILES string of the molecule is Cc1cccc(-n2c(CCc3ccccc3)nnc2SCC(=O)NC[C@@H]2CCCO2)c1. The summed E-state index contributed by atoms with van der Waals surface area (Å²) in [7, 11) is 0. The maximum atomic E-state index is 12.3. The number of hydrogen-bond donors (Lipinski definition) is 1. The first-order valence-electron chi connectivity index (χ1n) is 10.8. The van der Waals surface area contributed by atoms with Gasteiger partial charge in [-0.05, 0) is 49.4 Å². The predicted molar refractivity (Wildman–Crippen MR) is 123 cm³/mol. The van der Waals surface area contributed by atoms with E-state index in [0.29, 0.717) is 12.3 Å². The number of nitrogens with one attached hydrogen (secondary N) is 1. The van der Waals surface area contributed by atoms with Crippen molar-refractivity contribution in [1.82, 2.24) is 20.1 Å². The molecule has 1 atom stereocenters. The van der Waals surface area contributed by atoms with Crippen LogP contribution in [0.15, 0.2) is 59.8 Å². The molecule has 0 radical (unpaired) electrons. The number of amides is 1.